The number of fused-ring (bicyclic) bond motifs is 1. The zero-order chi connectivity index (χ0) is 21.0. The Balaban J connectivity index is 1.55. The number of hydrogen-bond donors (Lipinski definition) is 1. The maximum Gasteiger partial charge on any atom is 0.241 e. The number of amides is 1. The van der Waals surface area contributed by atoms with Gasteiger partial charge in [-0.3, -0.25) is 9.69 Å². The summed E-state index contributed by atoms with van der Waals surface area (Å²) >= 11 is 0. The molecule has 2 aliphatic rings. The molecule has 2 aromatic rings. The van der Waals surface area contributed by atoms with Crippen LogP contribution in [0, 0.1) is 0 Å². The van der Waals surface area contributed by atoms with E-state index in [1.54, 1.807) is 0 Å². The lowest BCUT2D eigenvalue weighted by Gasteiger charge is -2.38. The number of nitrogens with zero attached hydrogens (tertiary/aromatic N) is 1. The average Bonchev–Trinajstić information content (AvgIpc) is 3.27. The SMILES string of the molecule is CCN(C)C(C(=O)NCC1(c2ccc3c(c2)OCO3)CCOCC1)c1ccccc1. The van der Waals surface area contributed by atoms with Gasteiger partial charge in [-0.25, -0.2) is 0 Å². The number of rotatable bonds is 7. The van der Waals surface area contributed by atoms with Crippen LogP contribution < -0.4 is 14.8 Å². The second kappa shape index (κ2) is 9.06. The Morgan fingerprint density at radius 2 is 1.83 bits per heavy atom. The molecule has 1 atom stereocenters. The van der Waals surface area contributed by atoms with Crippen molar-refractivity contribution in [1.82, 2.24) is 10.2 Å². The summed E-state index contributed by atoms with van der Waals surface area (Å²) in [4.78, 5) is 15.4. The van der Waals surface area contributed by atoms with E-state index in [1.165, 1.54) is 0 Å². The molecule has 30 heavy (non-hydrogen) atoms. The van der Waals surface area contributed by atoms with Gasteiger partial charge in [-0.15, -0.1) is 0 Å². The Morgan fingerprint density at radius 3 is 2.57 bits per heavy atom. The molecule has 1 amide bonds. The third kappa shape index (κ3) is 4.16. The van der Waals surface area contributed by atoms with Gasteiger partial charge < -0.3 is 19.5 Å². The monoisotopic (exact) mass is 410 g/mol. The van der Waals surface area contributed by atoms with E-state index in [-0.39, 0.29) is 24.2 Å². The molecular formula is C24H30N2O4. The quantitative estimate of drug-likeness (QED) is 0.759. The highest BCUT2D eigenvalue weighted by Crippen LogP contribution is 2.40. The number of nitrogens with one attached hydrogen (secondary N) is 1. The van der Waals surface area contributed by atoms with E-state index in [9.17, 15) is 4.79 Å². The molecule has 4 rings (SSSR count). The Hall–Kier alpha value is -2.57. The summed E-state index contributed by atoms with van der Waals surface area (Å²) in [5.41, 5.74) is 1.99. The molecule has 0 radical (unpaired) electrons. The fourth-order valence-electron chi connectivity index (χ4n) is 4.33. The number of ether oxygens (including phenoxy) is 3. The zero-order valence-corrected chi connectivity index (χ0v) is 17.7. The van der Waals surface area contributed by atoms with Crippen LogP contribution in [0.25, 0.3) is 0 Å². The Bertz CT molecular complexity index is 865. The second-order valence-electron chi connectivity index (χ2n) is 8.06. The average molecular weight is 411 g/mol. The van der Waals surface area contributed by atoms with Gasteiger partial charge >= 0.3 is 0 Å². The molecule has 2 heterocycles. The van der Waals surface area contributed by atoms with Crippen LogP contribution in [-0.4, -0.2) is 51.0 Å². The van der Waals surface area contributed by atoms with Crippen molar-refractivity contribution in [3.05, 3.63) is 59.7 Å². The lowest BCUT2D eigenvalue weighted by atomic mass is 9.74. The Morgan fingerprint density at radius 1 is 1.10 bits per heavy atom. The molecule has 2 aliphatic heterocycles. The number of benzene rings is 2. The highest BCUT2D eigenvalue weighted by Gasteiger charge is 2.37. The molecule has 6 nitrogen and oxygen atoms in total. The molecule has 0 aliphatic carbocycles. The van der Waals surface area contributed by atoms with Crippen molar-refractivity contribution in [3.63, 3.8) is 0 Å². The summed E-state index contributed by atoms with van der Waals surface area (Å²) in [6, 6.07) is 15.8. The van der Waals surface area contributed by atoms with Crippen molar-refractivity contribution < 1.29 is 19.0 Å². The fraction of sp³-hybridized carbons (Fsp3) is 0.458. The van der Waals surface area contributed by atoms with Crippen LogP contribution in [0.3, 0.4) is 0 Å². The van der Waals surface area contributed by atoms with Gasteiger partial charge in [0.1, 0.15) is 6.04 Å². The predicted octanol–water partition coefficient (Wildman–Crippen LogP) is 3.27. The summed E-state index contributed by atoms with van der Waals surface area (Å²) < 4.78 is 16.7. The third-order valence-electron chi connectivity index (χ3n) is 6.34. The molecule has 0 bridgehead atoms. The fourth-order valence-corrected chi connectivity index (χ4v) is 4.33. The number of hydrogen-bond acceptors (Lipinski definition) is 5. The van der Waals surface area contributed by atoms with Crippen molar-refractivity contribution in [2.45, 2.75) is 31.2 Å². The van der Waals surface area contributed by atoms with Crippen molar-refractivity contribution in [2.24, 2.45) is 0 Å². The first-order valence-electron chi connectivity index (χ1n) is 10.6. The van der Waals surface area contributed by atoms with Gasteiger partial charge in [0.15, 0.2) is 11.5 Å². The number of carbonyl (C=O) groups excluding carboxylic acids is 1. The summed E-state index contributed by atoms with van der Waals surface area (Å²) in [6.07, 6.45) is 1.71. The van der Waals surface area contributed by atoms with Crippen LogP contribution in [0.1, 0.15) is 36.9 Å². The van der Waals surface area contributed by atoms with E-state index < -0.39 is 0 Å². The maximum atomic E-state index is 13.3. The van der Waals surface area contributed by atoms with Gasteiger partial charge in [-0.1, -0.05) is 43.3 Å². The maximum absolute atomic E-state index is 13.3. The highest BCUT2D eigenvalue weighted by atomic mass is 16.7. The van der Waals surface area contributed by atoms with Crippen LogP contribution in [0.5, 0.6) is 11.5 Å². The first-order chi connectivity index (χ1) is 14.6. The van der Waals surface area contributed by atoms with E-state index in [0.29, 0.717) is 19.8 Å². The molecular weight excluding hydrogens is 380 g/mol. The minimum Gasteiger partial charge on any atom is -0.454 e. The van der Waals surface area contributed by atoms with Gasteiger partial charge in [-0.05, 0) is 49.7 Å². The molecule has 6 heteroatoms. The van der Waals surface area contributed by atoms with Gasteiger partial charge in [0.25, 0.3) is 0 Å². The molecule has 0 saturated carbocycles. The van der Waals surface area contributed by atoms with Crippen molar-refractivity contribution in [3.8, 4) is 11.5 Å². The largest absolute Gasteiger partial charge is 0.454 e. The summed E-state index contributed by atoms with van der Waals surface area (Å²) in [5.74, 6) is 1.58. The molecule has 2 aromatic carbocycles. The first kappa shape index (κ1) is 20.7. The lowest BCUT2D eigenvalue weighted by molar-refractivity contribution is -0.126. The van der Waals surface area contributed by atoms with Crippen molar-refractivity contribution in [2.75, 3.05) is 40.1 Å². The van der Waals surface area contributed by atoms with Crippen LogP contribution >= 0.6 is 0 Å². The van der Waals surface area contributed by atoms with Crippen LogP contribution in [0.4, 0.5) is 0 Å². The normalized spacial score (nSPS) is 18.2. The van der Waals surface area contributed by atoms with Gasteiger partial charge in [0.05, 0.1) is 0 Å². The number of likely N-dealkylation sites (N-methyl/N-ethyl adjacent to an activating group) is 1. The summed E-state index contributed by atoms with van der Waals surface area (Å²) in [7, 11) is 1.99. The van der Waals surface area contributed by atoms with Gasteiger partial charge in [-0.2, -0.15) is 0 Å². The van der Waals surface area contributed by atoms with Crippen molar-refractivity contribution >= 4 is 5.91 Å². The summed E-state index contributed by atoms with van der Waals surface area (Å²) in [5, 5.41) is 3.26. The summed E-state index contributed by atoms with van der Waals surface area (Å²) in [6.45, 7) is 5.04. The van der Waals surface area contributed by atoms with Crippen molar-refractivity contribution in [1.29, 1.82) is 0 Å². The van der Waals surface area contributed by atoms with E-state index in [2.05, 4.69) is 29.3 Å². The minimum absolute atomic E-state index is 0.0251. The Kier molecular flexibility index (Phi) is 6.25. The molecule has 1 fully saturated rings. The smallest absolute Gasteiger partial charge is 0.241 e. The van der Waals surface area contributed by atoms with E-state index >= 15 is 0 Å². The molecule has 0 spiro atoms. The van der Waals surface area contributed by atoms with Crippen LogP contribution in [0.2, 0.25) is 0 Å². The molecule has 1 unspecified atom stereocenters. The van der Waals surface area contributed by atoms with Crippen LogP contribution in [0.15, 0.2) is 48.5 Å². The van der Waals surface area contributed by atoms with E-state index in [1.807, 2.05) is 43.4 Å². The Labute approximate surface area is 178 Å². The first-order valence-corrected chi connectivity index (χ1v) is 10.6. The van der Waals surface area contributed by atoms with Gasteiger partial charge in [0, 0.05) is 25.2 Å². The lowest BCUT2D eigenvalue weighted by Crippen LogP contribution is -2.47. The standard InChI is InChI=1S/C24H30N2O4/c1-3-26(2)22(18-7-5-4-6-8-18)23(27)25-16-24(11-13-28-14-12-24)19-9-10-20-21(15-19)30-17-29-20/h4-10,15,22H,3,11-14,16-17H2,1-2H3,(H,25,27). The van der Waals surface area contributed by atoms with E-state index in [4.69, 9.17) is 14.2 Å². The second-order valence-corrected chi connectivity index (χ2v) is 8.06. The zero-order valence-electron chi connectivity index (χ0n) is 17.7. The van der Waals surface area contributed by atoms with Crippen LogP contribution in [-0.2, 0) is 14.9 Å². The van der Waals surface area contributed by atoms with E-state index in [0.717, 1.165) is 42.0 Å². The third-order valence-corrected chi connectivity index (χ3v) is 6.34. The molecule has 160 valence electrons. The highest BCUT2D eigenvalue weighted by molar-refractivity contribution is 5.83. The molecule has 0 aromatic heterocycles. The topological polar surface area (TPSA) is 60.0 Å². The molecule has 1 saturated heterocycles. The number of carbonyl (C=O) groups is 1. The minimum atomic E-state index is -0.315. The molecule has 1 N–H and O–H groups in total. The van der Waals surface area contributed by atoms with Gasteiger partial charge in [0.2, 0.25) is 12.7 Å². The predicted molar refractivity (Wildman–Crippen MR) is 115 cm³/mol.